The van der Waals surface area contributed by atoms with E-state index in [1.54, 1.807) is 35.2 Å². The Morgan fingerprint density at radius 3 is 2.30 bits per heavy atom. The van der Waals surface area contributed by atoms with Gasteiger partial charge in [0.2, 0.25) is 0 Å². The summed E-state index contributed by atoms with van der Waals surface area (Å²) < 4.78 is 18.8. The maximum Gasteiger partial charge on any atom is 0.327 e. The Balaban J connectivity index is 1.75. The van der Waals surface area contributed by atoms with Crippen molar-refractivity contribution in [3.63, 3.8) is 0 Å². The number of halogens is 2. The zero-order chi connectivity index (χ0) is 19.4. The van der Waals surface area contributed by atoms with Gasteiger partial charge in [0.1, 0.15) is 11.9 Å². The van der Waals surface area contributed by atoms with Crippen molar-refractivity contribution in [1.82, 2.24) is 9.80 Å². The maximum atomic E-state index is 13.9. The summed E-state index contributed by atoms with van der Waals surface area (Å²) in [6.07, 6.45) is 0. The second-order valence-electron chi connectivity index (χ2n) is 6.26. The summed E-state index contributed by atoms with van der Waals surface area (Å²) in [5.41, 5.74) is 0.724. The fourth-order valence-corrected chi connectivity index (χ4v) is 3.51. The third-order valence-electron chi connectivity index (χ3n) is 4.70. The predicted octanol–water partition coefficient (Wildman–Crippen LogP) is 3.15. The van der Waals surface area contributed by atoms with Crippen LogP contribution in [-0.2, 0) is 9.53 Å². The van der Waals surface area contributed by atoms with E-state index in [9.17, 15) is 14.0 Å². The SMILES string of the molecule is COC(=O)[C@H](c1ccccc1Cl)N1CCN(C(=O)c2ccccc2F)CC1. The highest BCUT2D eigenvalue weighted by atomic mass is 35.5. The minimum atomic E-state index is -0.644. The van der Waals surface area contributed by atoms with E-state index in [0.717, 1.165) is 0 Å². The average molecular weight is 391 g/mol. The topological polar surface area (TPSA) is 49.9 Å². The van der Waals surface area contributed by atoms with Gasteiger partial charge in [-0.3, -0.25) is 9.69 Å². The lowest BCUT2D eigenvalue weighted by Crippen LogP contribution is -2.51. The molecule has 1 fully saturated rings. The predicted molar refractivity (Wildman–Crippen MR) is 100 cm³/mol. The van der Waals surface area contributed by atoms with Gasteiger partial charge in [-0.15, -0.1) is 0 Å². The van der Waals surface area contributed by atoms with Crippen LogP contribution in [0.1, 0.15) is 22.0 Å². The van der Waals surface area contributed by atoms with Crippen molar-refractivity contribution in [1.29, 1.82) is 0 Å². The summed E-state index contributed by atoms with van der Waals surface area (Å²) >= 11 is 6.28. The molecule has 27 heavy (non-hydrogen) atoms. The molecular weight excluding hydrogens is 371 g/mol. The summed E-state index contributed by atoms with van der Waals surface area (Å²) in [6, 6.07) is 12.4. The number of rotatable bonds is 4. The van der Waals surface area contributed by atoms with Crippen molar-refractivity contribution < 1.29 is 18.7 Å². The van der Waals surface area contributed by atoms with Gasteiger partial charge in [0.05, 0.1) is 12.7 Å². The van der Waals surface area contributed by atoms with Crippen molar-refractivity contribution in [2.75, 3.05) is 33.3 Å². The van der Waals surface area contributed by atoms with Crippen LogP contribution >= 0.6 is 11.6 Å². The van der Waals surface area contributed by atoms with Gasteiger partial charge in [-0.2, -0.15) is 0 Å². The molecule has 1 amide bonds. The van der Waals surface area contributed by atoms with E-state index in [4.69, 9.17) is 16.3 Å². The number of methoxy groups -OCH3 is 1. The minimum Gasteiger partial charge on any atom is -0.468 e. The normalized spacial score (nSPS) is 16.0. The second kappa shape index (κ2) is 8.50. The number of amides is 1. The number of esters is 1. The Hall–Kier alpha value is -2.44. The fourth-order valence-electron chi connectivity index (χ4n) is 3.27. The maximum absolute atomic E-state index is 13.9. The molecule has 1 heterocycles. The smallest absolute Gasteiger partial charge is 0.327 e. The molecule has 5 nitrogen and oxygen atoms in total. The molecule has 0 spiro atoms. The third-order valence-corrected chi connectivity index (χ3v) is 5.04. The monoisotopic (exact) mass is 390 g/mol. The van der Waals surface area contributed by atoms with Crippen LogP contribution in [0.5, 0.6) is 0 Å². The molecule has 1 aliphatic heterocycles. The summed E-state index contributed by atoms with van der Waals surface area (Å²) in [7, 11) is 1.34. The number of ether oxygens (including phenoxy) is 1. The highest BCUT2D eigenvalue weighted by Crippen LogP contribution is 2.29. The van der Waals surface area contributed by atoms with Crippen LogP contribution in [0.25, 0.3) is 0 Å². The largest absolute Gasteiger partial charge is 0.468 e. The van der Waals surface area contributed by atoms with Crippen molar-refractivity contribution in [2.24, 2.45) is 0 Å². The number of nitrogens with zero attached hydrogens (tertiary/aromatic N) is 2. The standard InChI is InChI=1S/C20H20ClFN2O3/c1-27-20(26)18(14-6-2-4-8-16(14)21)23-10-12-24(13-11-23)19(25)15-7-3-5-9-17(15)22/h2-9,18H,10-13H2,1H3/t18-/m0/s1. The molecule has 2 aromatic carbocycles. The highest BCUT2D eigenvalue weighted by Gasteiger charge is 2.34. The Morgan fingerprint density at radius 2 is 1.67 bits per heavy atom. The van der Waals surface area contributed by atoms with Gasteiger partial charge >= 0.3 is 5.97 Å². The van der Waals surface area contributed by atoms with E-state index in [1.165, 1.54) is 19.2 Å². The summed E-state index contributed by atoms with van der Waals surface area (Å²) in [5, 5.41) is 0.484. The fraction of sp³-hybridized carbons (Fsp3) is 0.300. The third kappa shape index (κ3) is 4.12. The van der Waals surface area contributed by atoms with Gasteiger partial charge in [-0.1, -0.05) is 41.9 Å². The summed E-state index contributed by atoms with van der Waals surface area (Å²) in [5.74, 6) is -1.29. The van der Waals surface area contributed by atoms with E-state index in [-0.39, 0.29) is 11.5 Å². The van der Waals surface area contributed by atoms with Crippen LogP contribution in [0, 0.1) is 5.82 Å². The van der Waals surface area contributed by atoms with Gasteiger partial charge in [0, 0.05) is 31.2 Å². The minimum absolute atomic E-state index is 0.0570. The van der Waals surface area contributed by atoms with Crippen LogP contribution in [0.15, 0.2) is 48.5 Å². The number of carbonyl (C=O) groups excluding carboxylic acids is 2. The van der Waals surface area contributed by atoms with Gasteiger partial charge in [0.15, 0.2) is 0 Å². The first-order valence-corrected chi connectivity index (χ1v) is 9.01. The number of benzene rings is 2. The quantitative estimate of drug-likeness (QED) is 0.752. The van der Waals surface area contributed by atoms with E-state index < -0.39 is 17.8 Å². The second-order valence-corrected chi connectivity index (χ2v) is 6.66. The molecule has 7 heteroatoms. The van der Waals surface area contributed by atoms with Gasteiger partial charge in [0.25, 0.3) is 5.91 Å². The average Bonchev–Trinajstić information content (AvgIpc) is 2.70. The molecule has 0 aliphatic carbocycles. The molecular formula is C20H20ClFN2O3. The number of piperazine rings is 1. The summed E-state index contributed by atoms with van der Waals surface area (Å²) in [6.45, 7) is 1.66. The Bertz CT molecular complexity index is 837. The van der Waals surface area contributed by atoms with E-state index in [2.05, 4.69) is 0 Å². The molecule has 0 aromatic heterocycles. The number of carbonyl (C=O) groups is 2. The van der Waals surface area contributed by atoms with Gasteiger partial charge in [-0.05, 0) is 23.8 Å². The van der Waals surface area contributed by atoms with Crippen LogP contribution in [0.4, 0.5) is 4.39 Å². The van der Waals surface area contributed by atoms with E-state index in [1.807, 2.05) is 11.0 Å². The first-order chi connectivity index (χ1) is 13.0. The summed E-state index contributed by atoms with van der Waals surface area (Å²) in [4.78, 5) is 28.5. The Labute approximate surface area is 162 Å². The lowest BCUT2D eigenvalue weighted by atomic mass is 10.0. The molecule has 1 atom stereocenters. The van der Waals surface area contributed by atoms with Crippen molar-refractivity contribution in [2.45, 2.75) is 6.04 Å². The van der Waals surface area contributed by atoms with Gasteiger partial charge < -0.3 is 9.64 Å². The molecule has 0 N–H and O–H groups in total. The molecule has 0 radical (unpaired) electrons. The lowest BCUT2D eigenvalue weighted by Gasteiger charge is -2.38. The lowest BCUT2D eigenvalue weighted by molar-refractivity contribution is -0.148. The Kier molecular flexibility index (Phi) is 6.08. The van der Waals surface area contributed by atoms with Gasteiger partial charge in [-0.25, -0.2) is 9.18 Å². The first kappa shape index (κ1) is 19.3. The number of hydrogen-bond donors (Lipinski definition) is 0. The van der Waals surface area contributed by atoms with Crippen LogP contribution < -0.4 is 0 Å². The van der Waals surface area contributed by atoms with Crippen LogP contribution in [-0.4, -0.2) is 55.0 Å². The van der Waals surface area contributed by atoms with E-state index >= 15 is 0 Å². The number of hydrogen-bond acceptors (Lipinski definition) is 4. The zero-order valence-corrected chi connectivity index (χ0v) is 15.7. The van der Waals surface area contributed by atoms with Crippen molar-refractivity contribution >= 4 is 23.5 Å². The molecule has 2 aromatic rings. The zero-order valence-electron chi connectivity index (χ0n) is 14.9. The molecule has 0 unspecified atom stereocenters. The van der Waals surface area contributed by atoms with E-state index in [0.29, 0.717) is 36.8 Å². The molecule has 1 saturated heterocycles. The first-order valence-electron chi connectivity index (χ1n) is 8.63. The Morgan fingerprint density at radius 1 is 1.04 bits per heavy atom. The highest BCUT2D eigenvalue weighted by molar-refractivity contribution is 6.31. The molecule has 0 saturated carbocycles. The molecule has 142 valence electrons. The molecule has 1 aliphatic rings. The van der Waals surface area contributed by atoms with Crippen molar-refractivity contribution in [3.05, 3.63) is 70.5 Å². The van der Waals surface area contributed by atoms with Crippen LogP contribution in [0.3, 0.4) is 0 Å². The van der Waals surface area contributed by atoms with Crippen molar-refractivity contribution in [3.8, 4) is 0 Å². The molecule has 0 bridgehead atoms. The molecule has 3 rings (SSSR count). The van der Waals surface area contributed by atoms with Crippen LogP contribution in [0.2, 0.25) is 5.02 Å².